The molecule has 1 aliphatic carbocycles. The molecular weight excluding hydrogens is 232 g/mol. The highest BCUT2D eigenvalue weighted by atomic mass is 32.2. The van der Waals surface area contributed by atoms with Crippen LogP contribution in [0.5, 0.6) is 0 Å². The smallest absolute Gasteiger partial charge is 0.320 e. The SMILES string of the molecule is O=C(O)CS(=O)(=O)N1CCN(C2CC2)CC1. The van der Waals surface area contributed by atoms with Crippen molar-refractivity contribution in [3.63, 3.8) is 0 Å². The topological polar surface area (TPSA) is 77.9 Å². The van der Waals surface area contributed by atoms with Gasteiger partial charge in [0, 0.05) is 32.2 Å². The van der Waals surface area contributed by atoms with Gasteiger partial charge in [-0.1, -0.05) is 0 Å². The summed E-state index contributed by atoms with van der Waals surface area (Å²) in [6.45, 7) is 2.30. The van der Waals surface area contributed by atoms with E-state index in [1.165, 1.54) is 17.1 Å². The van der Waals surface area contributed by atoms with Crippen molar-refractivity contribution in [1.29, 1.82) is 0 Å². The summed E-state index contributed by atoms with van der Waals surface area (Å²) in [4.78, 5) is 12.7. The Balaban J connectivity index is 1.89. The number of carbonyl (C=O) groups is 1. The number of rotatable bonds is 4. The number of piperazine rings is 1. The third-order valence-electron chi connectivity index (χ3n) is 3.04. The number of carboxylic acid groups (broad SMARTS) is 1. The molecule has 1 N–H and O–H groups in total. The highest BCUT2D eigenvalue weighted by molar-refractivity contribution is 7.89. The Kier molecular flexibility index (Phi) is 3.18. The van der Waals surface area contributed by atoms with Crippen molar-refractivity contribution in [1.82, 2.24) is 9.21 Å². The van der Waals surface area contributed by atoms with Gasteiger partial charge in [0.05, 0.1) is 0 Å². The fourth-order valence-corrected chi connectivity index (χ4v) is 3.25. The largest absolute Gasteiger partial charge is 0.480 e. The molecular formula is C9H16N2O4S. The van der Waals surface area contributed by atoms with Gasteiger partial charge in [-0.25, -0.2) is 8.42 Å². The maximum atomic E-state index is 11.6. The number of hydrogen-bond acceptors (Lipinski definition) is 4. The average molecular weight is 248 g/mol. The summed E-state index contributed by atoms with van der Waals surface area (Å²) in [5, 5.41) is 8.51. The summed E-state index contributed by atoms with van der Waals surface area (Å²) in [5.74, 6) is -2.08. The van der Waals surface area contributed by atoms with Gasteiger partial charge in [-0.15, -0.1) is 0 Å². The van der Waals surface area contributed by atoms with Gasteiger partial charge in [0.1, 0.15) is 0 Å². The predicted octanol–water partition coefficient (Wildman–Crippen LogP) is -0.819. The molecule has 2 aliphatic rings. The molecule has 0 atom stereocenters. The number of aliphatic carboxylic acids is 1. The lowest BCUT2D eigenvalue weighted by atomic mass is 10.3. The average Bonchev–Trinajstić information content (AvgIpc) is 2.99. The number of hydrogen-bond donors (Lipinski definition) is 1. The van der Waals surface area contributed by atoms with Crippen LogP contribution in [0.3, 0.4) is 0 Å². The highest BCUT2D eigenvalue weighted by Gasteiger charge is 2.34. The first-order valence-electron chi connectivity index (χ1n) is 5.43. The Bertz CT molecular complexity index is 369. The van der Waals surface area contributed by atoms with Crippen molar-refractivity contribution in [2.45, 2.75) is 18.9 Å². The van der Waals surface area contributed by atoms with Crippen LogP contribution in [0, 0.1) is 0 Å². The van der Waals surface area contributed by atoms with Crippen LogP contribution >= 0.6 is 0 Å². The second-order valence-corrected chi connectivity index (χ2v) is 6.29. The number of sulfonamides is 1. The Morgan fingerprint density at radius 3 is 2.19 bits per heavy atom. The molecule has 1 saturated heterocycles. The second-order valence-electron chi connectivity index (χ2n) is 4.32. The molecule has 7 heteroatoms. The Labute approximate surface area is 94.9 Å². The molecule has 0 aromatic carbocycles. The van der Waals surface area contributed by atoms with Crippen LogP contribution in [0.25, 0.3) is 0 Å². The van der Waals surface area contributed by atoms with E-state index in [0.29, 0.717) is 19.1 Å². The molecule has 2 rings (SSSR count). The van der Waals surface area contributed by atoms with Crippen molar-refractivity contribution >= 4 is 16.0 Å². The van der Waals surface area contributed by atoms with Crippen molar-refractivity contribution in [2.75, 3.05) is 31.9 Å². The summed E-state index contributed by atoms with van der Waals surface area (Å²) < 4.78 is 24.5. The summed E-state index contributed by atoms with van der Waals surface area (Å²) in [7, 11) is -3.60. The Morgan fingerprint density at radius 1 is 1.19 bits per heavy atom. The van der Waals surface area contributed by atoms with Crippen molar-refractivity contribution in [3.05, 3.63) is 0 Å². The predicted molar refractivity (Wildman–Crippen MR) is 57.6 cm³/mol. The molecule has 92 valence electrons. The minimum atomic E-state index is -3.60. The second kappa shape index (κ2) is 4.31. The van der Waals surface area contributed by atoms with E-state index in [0.717, 1.165) is 13.1 Å². The molecule has 0 aromatic heterocycles. The van der Waals surface area contributed by atoms with E-state index in [1.54, 1.807) is 0 Å². The van der Waals surface area contributed by atoms with Crippen molar-refractivity contribution in [2.24, 2.45) is 0 Å². The summed E-state index contributed by atoms with van der Waals surface area (Å²) in [6, 6.07) is 0.643. The summed E-state index contributed by atoms with van der Waals surface area (Å²) in [5.41, 5.74) is 0. The lowest BCUT2D eigenvalue weighted by Crippen LogP contribution is -2.50. The first kappa shape index (κ1) is 11.8. The van der Waals surface area contributed by atoms with Crippen LogP contribution in [0.1, 0.15) is 12.8 Å². The van der Waals surface area contributed by atoms with E-state index in [2.05, 4.69) is 4.90 Å². The molecule has 0 amide bonds. The van der Waals surface area contributed by atoms with Crippen LogP contribution < -0.4 is 0 Å². The highest BCUT2D eigenvalue weighted by Crippen LogP contribution is 2.27. The fourth-order valence-electron chi connectivity index (χ4n) is 2.03. The minimum absolute atomic E-state index is 0.423. The number of carboxylic acids is 1. The van der Waals surface area contributed by atoms with E-state index >= 15 is 0 Å². The Hall–Kier alpha value is -0.660. The molecule has 0 bridgehead atoms. The third-order valence-corrected chi connectivity index (χ3v) is 4.80. The normalized spacial score (nSPS) is 24.5. The third kappa shape index (κ3) is 2.72. The first-order valence-corrected chi connectivity index (χ1v) is 7.03. The molecule has 0 spiro atoms. The van der Waals surface area contributed by atoms with Crippen LogP contribution in [-0.4, -0.2) is 66.7 Å². The fraction of sp³-hybridized carbons (Fsp3) is 0.889. The molecule has 0 aromatic rings. The zero-order chi connectivity index (χ0) is 11.8. The molecule has 1 aliphatic heterocycles. The van der Waals surface area contributed by atoms with Gasteiger partial charge >= 0.3 is 5.97 Å². The van der Waals surface area contributed by atoms with Gasteiger partial charge in [0.2, 0.25) is 10.0 Å². The molecule has 1 saturated carbocycles. The standard InChI is InChI=1S/C9H16N2O4S/c12-9(13)7-16(14,15)11-5-3-10(4-6-11)8-1-2-8/h8H,1-7H2,(H,12,13). The van der Waals surface area contributed by atoms with Gasteiger partial charge in [-0.3, -0.25) is 9.69 Å². The van der Waals surface area contributed by atoms with Crippen molar-refractivity contribution in [3.8, 4) is 0 Å². The molecule has 1 heterocycles. The van der Waals surface area contributed by atoms with Crippen LogP contribution in [0.4, 0.5) is 0 Å². The molecule has 0 radical (unpaired) electrons. The summed E-state index contributed by atoms with van der Waals surface area (Å²) in [6.07, 6.45) is 2.42. The van der Waals surface area contributed by atoms with Crippen LogP contribution in [0.15, 0.2) is 0 Å². The van der Waals surface area contributed by atoms with E-state index < -0.39 is 21.7 Å². The zero-order valence-electron chi connectivity index (χ0n) is 9.00. The quantitative estimate of drug-likeness (QED) is 0.703. The van der Waals surface area contributed by atoms with Gasteiger partial charge in [0.25, 0.3) is 0 Å². The minimum Gasteiger partial charge on any atom is -0.480 e. The van der Waals surface area contributed by atoms with E-state index in [9.17, 15) is 13.2 Å². The molecule has 16 heavy (non-hydrogen) atoms. The first-order chi connectivity index (χ1) is 7.49. The van der Waals surface area contributed by atoms with E-state index in [-0.39, 0.29) is 0 Å². The monoisotopic (exact) mass is 248 g/mol. The lowest BCUT2D eigenvalue weighted by molar-refractivity contribution is -0.134. The van der Waals surface area contributed by atoms with Gasteiger partial charge in [-0.2, -0.15) is 4.31 Å². The maximum absolute atomic E-state index is 11.6. The van der Waals surface area contributed by atoms with Gasteiger partial charge in [-0.05, 0) is 12.8 Å². The van der Waals surface area contributed by atoms with E-state index in [4.69, 9.17) is 5.11 Å². The van der Waals surface area contributed by atoms with E-state index in [1.807, 2.05) is 0 Å². The summed E-state index contributed by atoms with van der Waals surface area (Å²) >= 11 is 0. The number of nitrogens with zero attached hydrogens (tertiary/aromatic N) is 2. The molecule has 6 nitrogen and oxygen atoms in total. The zero-order valence-corrected chi connectivity index (χ0v) is 9.82. The van der Waals surface area contributed by atoms with Crippen molar-refractivity contribution < 1.29 is 18.3 Å². The van der Waals surface area contributed by atoms with Gasteiger partial charge < -0.3 is 5.11 Å². The molecule has 2 fully saturated rings. The van der Waals surface area contributed by atoms with Crippen LogP contribution in [-0.2, 0) is 14.8 Å². The maximum Gasteiger partial charge on any atom is 0.320 e. The molecule has 0 unspecified atom stereocenters. The lowest BCUT2D eigenvalue weighted by Gasteiger charge is -2.33. The van der Waals surface area contributed by atoms with Crippen LogP contribution in [0.2, 0.25) is 0 Å². The van der Waals surface area contributed by atoms with Gasteiger partial charge in [0.15, 0.2) is 5.75 Å². The Morgan fingerprint density at radius 2 is 1.75 bits per heavy atom.